The Kier molecular flexibility index (Phi) is 6.86. The van der Waals surface area contributed by atoms with Crippen LogP contribution in [0.2, 0.25) is 0 Å². The summed E-state index contributed by atoms with van der Waals surface area (Å²) in [7, 11) is 3.33. The molecule has 0 unspecified atom stereocenters. The summed E-state index contributed by atoms with van der Waals surface area (Å²) in [6.45, 7) is 0. The number of carbonyl (C=O) groups is 1. The highest BCUT2D eigenvalue weighted by molar-refractivity contribution is 5.79. The van der Waals surface area contributed by atoms with Gasteiger partial charge in [-0.2, -0.15) is 0 Å². The number of benzene rings is 4. The van der Waals surface area contributed by atoms with Crippen molar-refractivity contribution in [1.82, 2.24) is 0 Å². The van der Waals surface area contributed by atoms with E-state index in [2.05, 4.69) is 35.2 Å². The Balaban J connectivity index is 1.62. The molecule has 0 spiro atoms. The molecular weight excluding hydrogens is 410 g/mol. The second-order valence-electron chi connectivity index (χ2n) is 7.44. The van der Waals surface area contributed by atoms with Crippen molar-refractivity contribution in [2.24, 2.45) is 0 Å². The van der Waals surface area contributed by atoms with Gasteiger partial charge in [-0.05, 0) is 71.8 Å². The minimum absolute atomic E-state index is 0.675. The number of anilines is 3. The summed E-state index contributed by atoms with van der Waals surface area (Å²) in [6, 6.07) is 31.9. The van der Waals surface area contributed by atoms with Crippen LogP contribution in [0, 0.1) is 0 Å². The molecule has 4 aromatic carbocycles. The number of methoxy groups -OCH3 is 2. The van der Waals surface area contributed by atoms with Gasteiger partial charge in [0.1, 0.15) is 17.8 Å². The third-order valence-electron chi connectivity index (χ3n) is 5.35. The van der Waals surface area contributed by atoms with E-state index in [0.717, 1.165) is 46.0 Å². The molecule has 0 fully saturated rings. The Morgan fingerprint density at radius 3 is 1.21 bits per heavy atom. The monoisotopic (exact) mass is 435 g/mol. The predicted octanol–water partition coefficient (Wildman–Crippen LogP) is 7.16. The molecule has 0 amide bonds. The molecule has 0 saturated carbocycles. The Morgan fingerprint density at radius 2 is 0.848 bits per heavy atom. The fraction of sp³-hybridized carbons (Fsp3) is 0.0690. The maximum atomic E-state index is 10.8. The van der Waals surface area contributed by atoms with Gasteiger partial charge in [-0.25, -0.2) is 0 Å². The minimum Gasteiger partial charge on any atom is -0.497 e. The number of hydrogen-bond acceptors (Lipinski definition) is 4. The van der Waals surface area contributed by atoms with E-state index in [1.54, 1.807) is 14.2 Å². The van der Waals surface area contributed by atoms with Gasteiger partial charge < -0.3 is 14.4 Å². The molecule has 0 saturated heterocycles. The molecule has 0 heterocycles. The van der Waals surface area contributed by atoms with Crippen molar-refractivity contribution in [3.05, 3.63) is 114 Å². The largest absolute Gasteiger partial charge is 0.497 e. The molecule has 0 atom stereocenters. The number of aldehydes is 1. The molecule has 0 bridgehead atoms. The van der Waals surface area contributed by atoms with E-state index < -0.39 is 0 Å². The second kappa shape index (κ2) is 10.3. The first kappa shape index (κ1) is 21.9. The van der Waals surface area contributed by atoms with E-state index in [4.69, 9.17) is 9.47 Å². The third-order valence-corrected chi connectivity index (χ3v) is 5.35. The van der Waals surface area contributed by atoms with Crippen LogP contribution in [-0.4, -0.2) is 20.5 Å². The number of carbonyl (C=O) groups excluding carboxylic acids is 1. The maximum absolute atomic E-state index is 10.8. The molecule has 4 heteroatoms. The second-order valence-corrected chi connectivity index (χ2v) is 7.44. The van der Waals surface area contributed by atoms with Gasteiger partial charge in [0.25, 0.3) is 0 Å². The Labute approximate surface area is 194 Å². The predicted molar refractivity (Wildman–Crippen MR) is 135 cm³/mol. The lowest BCUT2D eigenvalue weighted by molar-refractivity contribution is 0.112. The minimum atomic E-state index is 0.675. The number of rotatable bonds is 8. The van der Waals surface area contributed by atoms with Crippen molar-refractivity contribution in [1.29, 1.82) is 0 Å². The fourth-order valence-corrected chi connectivity index (χ4v) is 3.52. The van der Waals surface area contributed by atoms with Crippen LogP contribution in [0.15, 0.2) is 97.1 Å². The zero-order valence-electron chi connectivity index (χ0n) is 18.6. The van der Waals surface area contributed by atoms with Crippen molar-refractivity contribution in [3.63, 3.8) is 0 Å². The lowest BCUT2D eigenvalue weighted by atomic mass is 10.1. The first-order valence-electron chi connectivity index (χ1n) is 10.6. The molecule has 0 radical (unpaired) electrons. The van der Waals surface area contributed by atoms with Gasteiger partial charge in [0.05, 0.1) is 14.2 Å². The van der Waals surface area contributed by atoms with Gasteiger partial charge in [0.2, 0.25) is 0 Å². The van der Waals surface area contributed by atoms with E-state index in [1.807, 2.05) is 78.9 Å². The molecule has 0 N–H and O–H groups in total. The first-order chi connectivity index (χ1) is 16.2. The van der Waals surface area contributed by atoms with Crippen LogP contribution in [0.1, 0.15) is 21.5 Å². The smallest absolute Gasteiger partial charge is 0.150 e. The van der Waals surface area contributed by atoms with Crippen molar-refractivity contribution in [2.75, 3.05) is 19.1 Å². The SMILES string of the molecule is COc1ccc(N(c2ccc(C=Cc3ccc(C=O)cc3)cc2)c2ccc(OC)cc2)cc1. The van der Waals surface area contributed by atoms with E-state index in [9.17, 15) is 4.79 Å². The van der Waals surface area contributed by atoms with Crippen LogP contribution < -0.4 is 14.4 Å². The topological polar surface area (TPSA) is 38.8 Å². The maximum Gasteiger partial charge on any atom is 0.150 e. The van der Waals surface area contributed by atoms with Crippen LogP contribution in [0.4, 0.5) is 17.1 Å². The Bertz CT molecular complexity index is 1160. The zero-order chi connectivity index (χ0) is 23.0. The lowest BCUT2D eigenvalue weighted by Gasteiger charge is -2.26. The third kappa shape index (κ3) is 5.31. The van der Waals surface area contributed by atoms with Crippen molar-refractivity contribution < 1.29 is 14.3 Å². The number of ether oxygens (including phenoxy) is 2. The van der Waals surface area contributed by atoms with Crippen LogP contribution >= 0.6 is 0 Å². The highest BCUT2D eigenvalue weighted by atomic mass is 16.5. The van der Waals surface area contributed by atoms with Gasteiger partial charge in [0.15, 0.2) is 0 Å². The molecule has 0 aliphatic heterocycles. The van der Waals surface area contributed by atoms with Crippen molar-refractivity contribution in [3.8, 4) is 11.5 Å². The Morgan fingerprint density at radius 1 is 0.515 bits per heavy atom. The average molecular weight is 436 g/mol. The van der Waals surface area contributed by atoms with Crippen LogP contribution in [0.3, 0.4) is 0 Å². The summed E-state index contributed by atoms with van der Waals surface area (Å²) in [5, 5.41) is 0. The van der Waals surface area contributed by atoms with Crippen molar-refractivity contribution >= 4 is 35.5 Å². The molecule has 0 aliphatic rings. The van der Waals surface area contributed by atoms with Crippen molar-refractivity contribution in [2.45, 2.75) is 0 Å². The number of nitrogens with zero attached hydrogens (tertiary/aromatic N) is 1. The summed E-state index contributed by atoms with van der Waals surface area (Å²) < 4.78 is 10.6. The summed E-state index contributed by atoms with van der Waals surface area (Å²) >= 11 is 0. The molecule has 0 aliphatic carbocycles. The fourth-order valence-electron chi connectivity index (χ4n) is 3.52. The zero-order valence-corrected chi connectivity index (χ0v) is 18.6. The summed E-state index contributed by atoms with van der Waals surface area (Å²) in [5.74, 6) is 1.63. The van der Waals surface area contributed by atoms with Gasteiger partial charge >= 0.3 is 0 Å². The molecule has 33 heavy (non-hydrogen) atoms. The van der Waals surface area contributed by atoms with Gasteiger partial charge in [-0.1, -0.05) is 48.6 Å². The summed E-state index contributed by atoms with van der Waals surface area (Å²) in [4.78, 5) is 13.0. The van der Waals surface area contributed by atoms with Crippen LogP contribution in [0.5, 0.6) is 11.5 Å². The number of hydrogen-bond donors (Lipinski definition) is 0. The molecule has 164 valence electrons. The quantitative estimate of drug-likeness (QED) is 0.217. The molecule has 4 rings (SSSR count). The Hall–Kier alpha value is -4.31. The molecular formula is C29H25NO3. The first-order valence-corrected chi connectivity index (χ1v) is 10.6. The highest BCUT2D eigenvalue weighted by Crippen LogP contribution is 2.36. The van der Waals surface area contributed by atoms with E-state index >= 15 is 0 Å². The molecule has 4 aromatic rings. The average Bonchev–Trinajstić information content (AvgIpc) is 2.89. The van der Waals surface area contributed by atoms with Gasteiger partial charge in [-0.15, -0.1) is 0 Å². The van der Waals surface area contributed by atoms with Gasteiger partial charge in [-0.3, -0.25) is 4.79 Å². The lowest BCUT2D eigenvalue weighted by Crippen LogP contribution is -2.09. The van der Waals surface area contributed by atoms with E-state index in [0.29, 0.717) is 5.56 Å². The molecule has 0 aromatic heterocycles. The van der Waals surface area contributed by atoms with Crippen LogP contribution in [0.25, 0.3) is 12.2 Å². The van der Waals surface area contributed by atoms with E-state index in [-0.39, 0.29) is 0 Å². The van der Waals surface area contributed by atoms with E-state index in [1.165, 1.54) is 0 Å². The normalized spacial score (nSPS) is 10.7. The molecule has 4 nitrogen and oxygen atoms in total. The standard InChI is InChI=1S/C29H25NO3/c1-32-28-17-13-26(14-18-28)30(27-15-19-29(33-2)20-16-27)25-11-9-23(10-12-25)4-3-22-5-7-24(21-31)8-6-22/h3-21H,1-2H3. The van der Waals surface area contributed by atoms with Gasteiger partial charge in [0, 0.05) is 22.6 Å². The van der Waals surface area contributed by atoms with Crippen LogP contribution in [-0.2, 0) is 0 Å². The summed E-state index contributed by atoms with van der Waals surface area (Å²) in [5.41, 5.74) is 5.90. The highest BCUT2D eigenvalue weighted by Gasteiger charge is 2.12. The summed E-state index contributed by atoms with van der Waals surface area (Å²) in [6.07, 6.45) is 4.95.